The maximum atomic E-state index is 3.54. The molecule has 3 aliphatic rings. The molecule has 0 atom stereocenters. The molecule has 0 aromatic heterocycles. The molecule has 75 heavy (non-hydrogen) atoms. The number of benzene rings is 6. The van der Waals surface area contributed by atoms with Gasteiger partial charge in [-0.15, -0.1) is 0 Å². The van der Waals surface area contributed by atoms with Crippen LogP contribution in [-0.2, 0) is 32.1 Å². The minimum Gasteiger partial charge on any atom is -0.0945 e. The fourth-order valence-corrected chi connectivity index (χ4v) is 11.5. The highest BCUT2D eigenvalue weighted by Crippen LogP contribution is 2.38. The highest BCUT2D eigenvalue weighted by Gasteiger charge is 2.23. The van der Waals surface area contributed by atoms with Crippen molar-refractivity contribution in [3.63, 3.8) is 0 Å². The molecule has 3 saturated carbocycles. The fraction of sp³-hybridized carbons (Fsp3) is 0.440. The van der Waals surface area contributed by atoms with E-state index < -0.39 is 0 Å². The Bertz CT molecular complexity index is 2730. The van der Waals surface area contributed by atoms with Crippen molar-refractivity contribution in [1.29, 1.82) is 0 Å². The van der Waals surface area contributed by atoms with Gasteiger partial charge in [-0.25, -0.2) is 0 Å². The number of aryl methyl sites for hydroxylation is 6. The van der Waals surface area contributed by atoms with Crippen molar-refractivity contribution in [3.8, 4) is 35.5 Å². The van der Waals surface area contributed by atoms with Crippen LogP contribution in [-0.4, -0.2) is 0 Å². The van der Waals surface area contributed by atoms with Crippen molar-refractivity contribution < 1.29 is 0 Å². The molecule has 3 aliphatic carbocycles. The second-order valence-corrected chi connectivity index (χ2v) is 22.3. The van der Waals surface area contributed by atoms with Crippen LogP contribution in [0.15, 0.2) is 146 Å². The van der Waals surface area contributed by atoms with Crippen LogP contribution in [0, 0.1) is 60.2 Å². The van der Waals surface area contributed by atoms with Crippen LogP contribution in [0.3, 0.4) is 0 Å². The summed E-state index contributed by atoms with van der Waals surface area (Å²) in [5.41, 5.74) is 16.6. The third-order valence-electron chi connectivity index (χ3n) is 16.3. The Hall–Kier alpha value is -6.00. The zero-order chi connectivity index (χ0) is 52.5. The summed E-state index contributed by atoms with van der Waals surface area (Å²) in [5.74, 6) is 24.7. The van der Waals surface area contributed by atoms with Gasteiger partial charge in [-0.1, -0.05) is 211 Å². The third kappa shape index (κ3) is 19.0. The Balaban J connectivity index is 0.000000164. The van der Waals surface area contributed by atoms with Gasteiger partial charge in [-0.2, -0.15) is 0 Å². The van der Waals surface area contributed by atoms with E-state index in [-0.39, 0.29) is 0 Å². The lowest BCUT2D eigenvalue weighted by molar-refractivity contribution is 0.384. The lowest BCUT2D eigenvalue weighted by atomic mass is 9.78. The van der Waals surface area contributed by atoms with Gasteiger partial charge in [0.25, 0.3) is 0 Å². The smallest absolute Gasteiger partial charge is 0.0245 e. The SMILES string of the molecule is CCCc1ccc(C#CC2CCC(c3ccc(C)cc3)CC2)cc1.CCCc1ccc(C#CC2CCC(c3ccc(CC)cc3)CC2)cc1.CCCc1ccc(C#CC2CCC(c3ccc(CCC)cc3)CC2)cc1. The van der Waals surface area contributed by atoms with Gasteiger partial charge < -0.3 is 0 Å². The van der Waals surface area contributed by atoms with Crippen LogP contribution < -0.4 is 0 Å². The van der Waals surface area contributed by atoms with Crippen LogP contribution in [0.25, 0.3) is 0 Å². The monoisotopic (exact) mass is 991 g/mol. The van der Waals surface area contributed by atoms with Gasteiger partial charge in [0.1, 0.15) is 0 Å². The Labute approximate surface area is 457 Å². The lowest BCUT2D eigenvalue weighted by Crippen LogP contribution is -2.12. The van der Waals surface area contributed by atoms with Gasteiger partial charge in [-0.3, -0.25) is 0 Å². The van der Waals surface area contributed by atoms with E-state index in [0.29, 0.717) is 17.8 Å². The minimum absolute atomic E-state index is 0.570. The first-order chi connectivity index (χ1) is 36.8. The number of rotatable bonds is 12. The summed E-state index contributed by atoms with van der Waals surface area (Å²) in [4.78, 5) is 0. The molecule has 6 aromatic rings. The molecule has 6 aromatic carbocycles. The number of hydrogen-bond acceptors (Lipinski definition) is 0. The second kappa shape index (κ2) is 31.1. The zero-order valence-electron chi connectivity index (χ0n) is 47.2. The molecule has 0 saturated heterocycles. The third-order valence-corrected chi connectivity index (χ3v) is 16.3. The van der Waals surface area contributed by atoms with Crippen molar-refractivity contribution >= 4 is 0 Å². The average molecular weight is 992 g/mol. The molecule has 0 aliphatic heterocycles. The van der Waals surface area contributed by atoms with Gasteiger partial charge in [0.15, 0.2) is 0 Å². The molecule has 0 nitrogen and oxygen atoms in total. The molecule has 0 amide bonds. The number of hydrogen-bond donors (Lipinski definition) is 0. The van der Waals surface area contributed by atoms with Crippen LogP contribution in [0.2, 0.25) is 0 Å². The van der Waals surface area contributed by atoms with Gasteiger partial charge >= 0.3 is 0 Å². The quantitative estimate of drug-likeness (QED) is 0.107. The van der Waals surface area contributed by atoms with E-state index in [2.05, 4.69) is 223 Å². The van der Waals surface area contributed by atoms with Crippen LogP contribution in [0.5, 0.6) is 0 Å². The van der Waals surface area contributed by atoms with Crippen molar-refractivity contribution in [3.05, 3.63) is 212 Å². The van der Waals surface area contributed by atoms with E-state index in [4.69, 9.17) is 0 Å². The maximum absolute atomic E-state index is 3.54. The molecule has 9 rings (SSSR count). The Morgan fingerprint density at radius 3 is 0.787 bits per heavy atom. The Morgan fingerprint density at radius 2 is 0.533 bits per heavy atom. The predicted octanol–water partition coefficient (Wildman–Crippen LogP) is 19.7. The Morgan fingerprint density at radius 1 is 0.293 bits per heavy atom. The Kier molecular flexibility index (Phi) is 23.6. The highest BCUT2D eigenvalue weighted by atomic mass is 14.3. The van der Waals surface area contributed by atoms with Gasteiger partial charge in [-0.05, 0) is 215 Å². The van der Waals surface area contributed by atoms with E-state index in [1.165, 1.54) is 165 Å². The van der Waals surface area contributed by atoms with Crippen molar-refractivity contribution in [2.24, 2.45) is 17.8 Å². The molecule has 0 radical (unpaired) electrons. The fourth-order valence-electron chi connectivity index (χ4n) is 11.5. The van der Waals surface area contributed by atoms with Crippen LogP contribution in [0.1, 0.15) is 222 Å². The van der Waals surface area contributed by atoms with Crippen LogP contribution >= 0.6 is 0 Å². The summed E-state index contributed by atoms with van der Waals surface area (Å²) < 4.78 is 0. The van der Waals surface area contributed by atoms with Crippen LogP contribution in [0.4, 0.5) is 0 Å². The van der Waals surface area contributed by atoms with E-state index in [1.54, 1.807) is 0 Å². The van der Waals surface area contributed by atoms with Gasteiger partial charge in [0.2, 0.25) is 0 Å². The molecular formula is C75H90. The molecule has 0 unspecified atom stereocenters. The standard InChI is InChI=1S/C26H32.C25H30.C24H28/c1-3-5-21-7-9-23(10-8-21)11-12-24-15-19-26(20-16-24)25-17-13-22(6-4-2)14-18-25;1-3-5-21-6-8-22(9-7-21)10-11-23-14-18-25(19-15-23)24-16-12-20(4-2)13-17-24;1-3-4-20-7-9-21(10-8-20)11-12-22-13-17-24(18-14-22)23-15-5-19(2)6-16-23/h7-10,13-14,17-18,24,26H,3-6,15-16,19-20H2,1-2H3;6-9,12-13,16-17,23,25H,3-5,14-15,18-19H2,1-2H3;5-10,15-16,22,24H,3-4,13-14,17-18H2,1-2H3. The van der Waals surface area contributed by atoms with E-state index in [1.807, 2.05) is 0 Å². The summed E-state index contributed by atoms with van der Waals surface area (Å²) in [6, 6.07) is 54.2. The molecule has 0 heteroatoms. The van der Waals surface area contributed by atoms with Crippen molar-refractivity contribution in [2.45, 2.75) is 194 Å². The average Bonchev–Trinajstić information content (AvgIpc) is 3.46. The van der Waals surface area contributed by atoms with Gasteiger partial charge in [0, 0.05) is 34.4 Å². The van der Waals surface area contributed by atoms with Crippen molar-refractivity contribution in [1.82, 2.24) is 0 Å². The second-order valence-electron chi connectivity index (χ2n) is 22.3. The van der Waals surface area contributed by atoms with Crippen molar-refractivity contribution in [2.75, 3.05) is 0 Å². The topological polar surface area (TPSA) is 0 Å². The van der Waals surface area contributed by atoms with E-state index in [0.717, 1.165) is 54.6 Å². The normalized spacial score (nSPS) is 19.9. The summed E-state index contributed by atoms with van der Waals surface area (Å²) in [6.45, 7) is 13.3. The molecular weight excluding hydrogens is 901 g/mol. The molecule has 390 valence electrons. The first kappa shape index (κ1) is 56.7. The molecule has 0 bridgehead atoms. The minimum atomic E-state index is 0.570. The summed E-state index contributed by atoms with van der Waals surface area (Å²) in [6.07, 6.45) is 25.7. The summed E-state index contributed by atoms with van der Waals surface area (Å²) >= 11 is 0. The lowest BCUT2D eigenvalue weighted by Gasteiger charge is -2.26. The molecule has 0 heterocycles. The summed E-state index contributed by atoms with van der Waals surface area (Å²) in [5, 5.41) is 0. The first-order valence-corrected chi connectivity index (χ1v) is 29.9. The molecule has 3 fully saturated rings. The molecule has 0 N–H and O–H groups in total. The molecule has 0 spiro atoms. The maximum Gasteiger partial charge on any atom is 0.0245 e. The largest absolute Gasteiger partial charge is 0.0945 e. The van der Waals surface area contributed by atoms with Gasteiger partial charge in [0.05, 0.1) is 0 Å². The predicted molar refractivity (Wildman–Crippen MR) is 323 cm³/mol. The highest BCUT2D eigenvalue weighted by molar-refractivity contribution is 5.39. The van der Waals surface area contributed by atoms with E-state index in [9.17, 15) is 0 Å². The summed E-state index contributed by atoms with van der Waals surface area (Å²) in [7, 11) is 0. The first-order valence-electron chi connectivity index (χ1n) is 29.9. The van der Waals surface area contributed by atoms with E-state index >= 15 is 0 Å². The zero-order valence-corrected chi connectivity index (χ0v) is 47.2.